The van der Waals surface area contributed by atoms with Crippen LogP contribution in [0.15, 0.2) is 0 Å². The summed E-state index contributed by atoms with van der Waals surface area (Å²) in [5.74, 6) is -0.712. The Kier molecular flexibility index (Phi) is 4.89. The second kappa shape index (κ2) is 6.19. The van der Waals surface area contributed by atoms with E-state index in [1.54, 1.807) is 0 Å². The van der Waals surface area contributed by atoms with Crippen LogP contribution in [0.25, 0.3) is 0 Å². The molecule has 17 heavy (non-hydrogen) atoms. The molecular formula is C10H17N3O4. The summed E-state index contributed by atoms with van der Waals surface area (Å²) >= 11 is 0. The molecule has 1 rings (SSSR count). The van der Waals surface area contributed by atoms with E-state index in [1.807, 2.05) is 10.2 Å². The maximum Gasteiger partial charge on any atom is 0.318 e. The molecule has 1 heterocycles. The minimum Gasteiger partial charge on any atom is -0.469 e. The molecule has 7 heteroatoms. The fourth-order valence-electron chi connectivity index (χ4n) is 1.87. The van der Waals surface area contributed by atoms with Crippen molar-refractivity contribution in [3.8, 4) is 0 Å². The quantitative estimate of drug-likeness (QED) is 0.623. The number of nitrogens with zero attached hydrogens (tertiary/aromatic N) is 1. The van der Waals surface area contributed by atoms with Gasteiger partial charge in [0.05, 0.1) is 19.6 Å². The lowest BCUT2D eigenvalue weighted by molar-refractivity contribution is -0.147. The van der Waals surface area contributed by atoms with E-state index in [-0.39, 0.29) is 18.4 Å². The van der Waals surface area contributed by atoms with Gasteiger partial charge >= 0.3 is 12.0 Å². The average molecular weight is 243 g/mol. The topological polar surface area (TPSA) is 102 Å². The molecule has 1 saturated heterocycles. The molecule has 0 atom stereocenters. The van der Waals surface area contributed by atoms with Gasteiger partial charge in [0.15, 0.2) is 0 Å². The summed E-state index contributed by atoms with van der Waals surface area (Å²) in [6.45, 7) is 1.38. The molecule has 0 bridgehead atoms. The standard InChI is InChI=1S/C10H17N3O4/c1-17-9(15)7-2-4-13(5-3-7)6-8(14)12-10(11)16/h7H,2-6H2,1H3,(H3,11,12,14,16). The summed E-state index contributed by atoms with van der Waals surface area (Å²) < 4.78 is 4.66. The molecule has 1 aliphatic heterocycles. The molecule has 0 aromatic rings. The molecule has 0 radical (unpaired) electrons. The lowest BCUT2D eigenvalue weighted by atomic mass is 9.97. The van der Waals surface area contributed by atoms with Gasteiger partial charge in [-0.1, -0.05) is 0 Å². The van der Waals surface area contributed by atoms with Crippen molar-refractivity contribution in [3.63, 3.8) is 0 Å². The van der Waals surface area contributed by atoms with E-state index in [0.717, 1.165) is 0 Å². The maximum atomic E-state index is 11.3. The van der Waals surface area contributed by atoms with Crippen LogP contribution in [0.4, 0.5) is 4.79 Å². The van der Waals surface area contributed by atoms with Crippen LogP contribution in [0, 0.1) is 5.92 Å². The van der Waals surface area contributed by atoms with E-state index < -0.39 is 11.9 Å². The Morgan fingerprint density at radius 1 is 1.35 bits per heavy atom. The molecule has 0 aliphatic carbocycles. The van der Waals surface area contributed by atoms with Gasteiger partial charge < -0.3 is 10.5 Å². The average Bonchev–Trinajstić information content (AvgIpc) is 2.28. The van der Waals surface area contributed by atoms with Gasteiger partial charge in [0, 0.05) is 0 Å². The zero-order valence-electron chi connectivity index (χ0n) is 9.77. The number of nitrogens with one attached hydrogen (secondary N) is 1. The van der Waals surface area contributed by atoms with Crippen LogP contribution in [-0.4, -0.2) is 49.6 Å². The van der Waals surface area contributed by atoms with E-state index in [2.05, 4.69) is 4.74 Å². The number of likely N-dealkylation sites (tertiary alicyclic amines) is 1. The highest BCUT2D eigenvalue weighted by Gasteiger charge is 2.26. The van der Waals surface area contributed by atoms with Crippen molar-refractivity contribution in [1.82, 2.24) is 10.2 Å². The van der Waals surface area contributed by atoms with Crippen LogP contribution >= 0.6 is 0 Å². The molecular weight excluding hydrogens is 226 g/mol. The molecule has 0 unspecified atom stereocenters. The number of carbonyl (C=O) groups is 3. The third kappa shape index (κ3) is 4.39. The van der Waals surface area contributed by atoms with Crippen molar-refractivity contribution in [3.05, 3.63) is 0 Å². The summed E-state index contributed by atoms with van der Waals surface area (Å²) in [7, 11) is 1.37. The maximum absolute atomic E-state index is 11.3. The summed E-state index contributed by atoms with van der Waals surface area (Å²) in [5, 5.41) is 2.00. The number of methoxy groups -OCH3 is 1. The molecule has 0 aromatic carbocycles. The predicted molar refractivity (Wildman–Crippen MR) is 58.9 cm³/mol. The molecule has 3 amide bonds. The molecule has 0 saturated carbocycles. The van der Waals surface area contributed by atoms with E-state index in [9.17, 15) is 14.4 Å². The number of imide groups is 1. The monoisotopic (exact) mass is 243 g/mol. The number of carbonyl (C=O) groups excluding carboxylic acids is 3. The van der Waals surface area contributed by atoms with Crippen molar-refractivity contribution in [1.29, 1.82) is 0 Å². The Morgan fingerprint density at radius 2 is 1.94 bits per heavy atom. The van der Waals surface area contributed by atoms with Gasteiger partial charge in [-0.3, -0.25) is 19.8 Å². The Bertz CT molecular complexity index is 311. The zero-order chi connectivity index (χ0) is 12.8. The smallest absolute Gasteiger partial charge is 0.318 e. The number of ether oxygens (including phenoxy) is 1. The summed E-state index contributed by atoms with van der Waals surface area (Å²) in [6, 6.07) is -0.848. The third-order valence-corrected chi connectivity index (χ3v) is 2.75. The second-order valence-electron chi connectivity index (χ2n) is 3.99. The van der Waals surface area contributed by atoms with Crippen LogP contribution in [-0.2, 0) is 14.3 Å². The van der Waals surface area contributed by atoms with Crippen molar-refractivity contribution in [2.75, 3.05) is 26.7 Å². The SMILES string of the molecule is COC(=O)C1CCN(CC(=O)NC(N)=O)CC1. The first kappa shape index (κ1) is 13.4. The fraction of sp³-hybridized carbons (Fsp3) is 0.700. The van der Waals surface area contributed by atoms with E-state index in [0.29, 0.717) is 25.9 Å². The Hall–Kier alpha value is -1.63. The van der Waals surface area contributed by atoms with Crippen molar-refractivity contribution in [2.45, 2.75) is 12.8 Å². The van der Waals surface area contributed by atoms with Crippen LogP contribution in [0.1, 0.15) is 12.8 Å². The van der Waals surface area contributed by atoms with Crippen molar-refractivity contribution >= 4 is 17.9 Å². The molecule has 1 fully saturated rings. The Balaban J connectivity index is 2.30. The summed E-state index contributed by atoms with van der Waals surface area (Å²) in [6.07, 6.45) is 1.33. The van der Waals surface area contributed by atoms with E-state index in [4.69, 9.17) is 5.73 Å². The van der Waals surface area contributed by atoms with Crippen LogP contribution in [0.5, 0.6) is 0 Å². The number of nitrogens with two attached hydrogens (primary N) is 1. The fourth-order valence-corrected chi connectivity index (χ4v) is 1.87. The highest BCUT2D eigenvalue weighted by Crippen LogP contribution is 2.17. The lowest BCUT2D eigenvalue weighted by Gasteiger charge is -2.29. The first-order valence-electron chi connectivity index (χ1n) is 5.42. The number of amides is 3. The first-order valence-corrected chi connectivity index (χ1v) is 5.42. The predicted octanol–water partition coefficient (Wildman–Crippen LogP) is -0.934. The number of rotatable bonds is 3. The summed E-state index contributed by atoms with van der Waals surface area (Å²) in [5.41, 5.74) is 4.83. The molecule has 3 N–H and O–H groups in total. The van der Waals surface area contributed by atoms with Crippen LogP contribution < -0.4 is 11.1 Å². The number of urea groups is 1. The van der Waals surface area contributed by atoms with Gasteiger partial charge in [-0.2, -0.15) is 0 Å². The highest BCUT2D eigenvalue weighted by molar-refractivity contribution is 5.94. The number of esters is 1. The minimum absolute atomic E-state index is 0.0875. The Morgan fingerprint density at radius 3 is 2.41 bits per heavy atom. The van der Waals surface area contributed by atoms with Gasteiger partial charge in [0.2, 0.25) is 5.91 Å². The minimum atomic E-state index is -0.848. The van der Waals surface area contributed by atoms with Gasteiger partial charge in [0.1, 0.15) is 0 Å². The molecule has 96 valence electrons. The zero-order valence-corrected chi connectivity index (χ0v) is 9.77. The molecule has 0 aromatic heterocycles. The summed E-state index contributed by atoms with van der Waals surface area (Å²) in [4.78, 5) is 34.8. The van der Waals surface area contributed by atoms with Crippen LogP contribution in [0.2, 0.25) is 0 Å². The van der Waals surface area contributed by atoms with Crippen molar-refractivity contribution in [2.24, 2.45) is 11.7 Å². The van der Waals surface area contributed by atoms with E-state index in [1.165, 1.54) is 7.11 Å². The normalized spacial score (nSPS) is 17.5. The van der Waals surface area contributed by atoms with E-state index >= 15 is 0 Å². The first-order chi connectivity index (χ1) is 8.02. The van der Waals surface area contributed by atoms with Gasteiger partial charge in [0.25, 0.3) is 0 Å². The third-order valence-electron chi connectivity index (χ3n) is 2.75. The number of hydrogen-bond donors (Lipinski definition) is 2. The number of primary amides is 1. The molecule has 7 nitrogen and oxygen atoms in total. The molecule has 1 aliphatic rings. The number of piperidine rings is 1. The number of hydrogen-bond acceptors (Lipinski definition) is 5. The Labute approximate surface area is 99.3 Å². The second-order valence-corrected chi connectivity index (χ2v) is 3.99. The molecule has 0 spiro atoms. The lowest BCUT2D eigenvalue weighted by Crippen LogP contribution is -2.45. The van der Waals surface area contributed by atoms with Crippen molar-refractivity contribution < 1.29 is 19.1 Å². The van der Waals surface area contributed by atoms with Crippen LogP contribution in [0.3, 0.4) is 0 Å². The highest BCUT2D eigenvalue weighted by atomic mass is 16.5. The van der Waals surface area contributed by atoms with Gasteiger partial charge in [-0.15, -0.1) is 0 Å². The largest absolute Gasteiger partial charge is 0.469 e. The van der Waals surface area contributed by atoms with Gasteiger partial charge in [-0.05, 0) is 25.9 Å². The van der Waals surface area contributed by atoms with Gasteiger partial charge in [-0.25, -0.2) is 4.79 Å².